The summed E-state index contributed by atoms with van der Waals surface area (Å²) in [6, 6.07) is 5.82. The van der Waals surface area contributed by atoms with Crippen LogP contribution in [0, 0.1) is 5.41 Å². The predicted octanol–water partition coefficient (Wildman–Crippen LogP) is 3.64. The van der Waals surface area contributed by atoms with Crippen molar-refractivity contribution >= 4 is 39.3 Å². The number of alkyl halides is 1. The van der Waals surface area contributed by atoms with Crippen LogP contribution in [-0.4, -0.2) is 40.4 Å². The van der Waals surface area contributed by atoms with E-state index in [0.29, 0.717) is 24.2 Å². The number of rotatable bonds is 4. The Hall–Kier alpha value is -2.87. The van der Waals surface area contributed by atoms with Crippen molar-refractivity contribution in [1.29, 1.82) is 5.41 Å². The van der Waals surface area contributed by atoms with Gasteiger partial charge in [-0.25, -0.2) is 19.3 Å². The lowest BCUT2D eigenvalue weighted by Gasteiger charge is -2.29. The minimum atomic E-state index is -0.779. The van der Waals surface area contributed by atoms with Gasteiger partial charge in [-0.2, -0.15) is 0 Å². The zero-order valence-corrected chi connectivity index (χ0v) is 15.4. The molecule has 27 heavy (non-hydrogen) atoms. The number of piperidine rings is 1. The number of pyridine rings is 2. The van der Waals surface area contributed by atoms with E-state index in [4.69, 9.17) is 11.1 Å². The number of aromatic nitrogens is 3. The first kappa shape index (κ1) is 17.5. The van der Waals surface area contributed by atoms with E-state index in [2.05, 4.69) is 15.0 Å². The zero-order chi connectivity index (χ0) is 18.8. The van der Waals surface area contributed by atoms with Gasteiger partial charge in [-0.3, -0.25) is 0 Å². The lowest BCUT2D eigenvalue weighted by molar-refractivity contribution is 0.286. The van der Waals surface area contributed by atoms with Crippen LogP contribution >= 0.6 is 11.3 Å². The predicted molar refractivity (Wildman–Crippen MR) is 108 cm³/mol. The number of hydrogen-bond acceptors (Lipinski definition) is 7. The van der Waals surface area contributed by atoms with Crippen LogP contribution in [0.15, 0.2) is 36.8 Å². The molecule has 3 aromatic rings. The molecule has 0 radical (unpaired) electrons. The molecule has 0 bridgehead atoms. The average Bonchev–Trinajstić information content (AvgIpc) is 3.13. The maximum absolute atomic E-state index is 13.6. The van der Waals surface area contributed by atoms with Crippen LogP contribution in [0.3, 0.4) is 0 Å². The van der Waals surface area contributed by atoms with Gasteiger partial charge in [0.05, 0.1) is 11.2 Å². The Kier molecular flexibility index (Phi) is 4.81. The number of nitrogens with zero attached hydrogens (tertiary/aromatic N) is 4. The molecular formula is C19H19FN6S. The normalized spacial score (nSPS) is 18.0. The van der Waals surface area contributed by atoms with Crippen LogP contribution in [0.1, 0.15) is 18.4 Å². The molecule has 8 heteroatoms. The van der Waals surface area contributed by atoms with Gasteiger partial charge in [0.15, 0.2) is 5.65 Å². The van der Waals surface area contributed by atoms with Crippen LogP contribution in [0.5, 0.6) is 0 Å². The van der Waals surface area contributed by atoms with Gasteiger partial charge >= 0.3 is 0 Å². The topological polar surface area (TPSA) is 91.8 Å². The number of anilines is 1. The summed E-state index contributed by atoms with van der Waals surface area (Å²) in [7, 11) is 0. The summed E-state index contributed by atoms with van der Waals surface area (Å²) in [5, 5.41) is 8.24. The van der Waals surface area contributed by atoms with Crippen molar-refractivity contribution in [2.75, 3.05) is 18.0 Å². The molecule has 3 aromatic heterocycles. The van der Waals surface area contributed by atoms with E-state index in [1.54, 1.807) is 12.4 Å². The molecule has 3 N–H and O–H groups in total. The van der Waals surface area contributed by atoms with Crippen LogP contribution < -0.4 is 10.6 Å². The summed E-state index contributed by atoms with van der Waals surface area (Å²) < 4.78 is 14.5. The fraction of sp³-hybridized carbons (Fsp3) is 0.263. The quantitative estimate of drug-likeness (QED) is 0.672. The minimum Gasteiger partial charge on any atom is -0.404 e. The van der Waals surface area contributed by atoms with E-state index in [1.807, 2.05) is 23.1 Å². The zero-order valence-electron chi connectivity index (χ0n) is 14.6. The van der Waals surface area contributed by atoms with Gasteiger partial charge in [-0.1, -0.05) is 0 Å². The first-order valence-corrected chi connectivity index (χ1v) is 9.54. The fourth-order valence-electron chi connectivity index (χ4n) is 3.16. The molecule has 1 aliphatic rings. The molecule has 4 rings (SSSR count). The van der Waals surface area contributed by atoms with Crippen molar-refractivity contribution in [3.63, 3.8) is 0 Å². The van der Waals surface area contributed by atoms with Crippen molar-refractivity contribution in [2.45, 2.75) is 19.0 Å². The Morgan fingerprint density at radius 3 is 2.93 bits per heavy atom. The second-order valence-electron chi connectivity index (χ2n) is 6.42. The fourth-order valence-corrected chi connectivity index (χ4v) is 4.12. The Labute approximate surface area is 160 Å². The second kappa shape index (κ2) is 7.40. The maximum atomic E-state index is 13.6. The molecule has 0 aliphatic carbocycles. The van der Waals surface area contributed by atoms with Gasteiger partial charge in [0, 0.05) is 48.1 Å². The van der Waals surface area contributed by atoms with Crippen molar-refractivity contribution in [2.24, 2.45) is 5.73 Å². The minimum absolute atomic E-state index is 0.407. The van der Waals surface area contributed by atoms with E-state index in [9.17, 15) is 4.39 Å². The van der Waals surface area contributed by atoms with Crippen molar-refractivity contribution < 1.29 is 4.39 Å². The van der Waals surface area contributed by atoms with Crippen LogP contribution in [-0.2, 0) is 0 Å². The lowest BCUT2D eigenvalue weighted by Crippen LogP contribution is -2.36. The molecule has 1 aliphatic heterocycles. The van der Waals surface area contributed by atoms with Crippen molar-refractivity contribution in [1.82, 2.24) is 15.0 Å². The van der Waals surface area contributed by atoms with Crippen LogP contribution in [0.25, 0.3) is 26.5 Å². The largest absolute Gasteiger partial charge is 0.404 e. The number of allylic oxidation sites excluding steroid dienone is 1. The highest BCUT2D eigenvalue weighted by Crippen LogP contribution is 2.31. The van der Waals surface area contributed by atoms with E-state index >= 15 is 0 Å². The number of halogens is 1. The number of nitrogens with two attached hydrogens (primary N) is 1. The number of nitrogens with one attached hydrogen (secondary N) is 1. The molecule has 1 fully saturated rings. The molecular weight excluding hydrogens is 363 g/mol. The molecule has 0 saturated carbocycles. The van der Waals surface area contributed by atoms with Gasteiger partial charge in [0.2, 0.25) is 0 Å². The smallest absolute Gasteiger partial charge is 0.170 e. The van der Waals surface area contributed by atoms with Crippen LogP contribution in [0.2, 0.25) is 0 Å². The molecule has 1 atom stereocenters. The summed E-state index contributed by atoms with van der Waals surface area (Å²) in [6.07, 6.45) is 6.75. The molecule has 4 heterocycles. The van der Waals surface area contributed by atoms with Crippen molar-refractivity contribution in [3.8, 4) is 10.6 Å². The first-order valence-electron chi connectivity index (χ1n) is 8.72. The average molecular weight is 382 g/mol. The Bertz CT molecular complexity index is 997. The van der Waals surface area contributed by atoms with Gasteiger partial charge in [0.25, 0.3) is 0 Å². The number of fused-ring (bicyclic) bond motifs is 1. The molecule has 0 amide bonds. The summed E-state index contributed by atoms with van der Waals surface area (Å²) in [6.45, 7) is 1.24. The molecule has 0 unspecified atom stereocenters. The molecule has 0 aromatic carbocycles. The van der Waals surface area contributed by atoms with Gasteiger partial charge < -0.3 is 16.0 Å². The Balaban J connectivity index is 1.61. The standard InChI is InChI=1S/C19H19FN6S/c20-15-2-1-5-26(11-15)17-4-3-12(9-23-17)19-25-18-16(27-19)6-13(10-24-18)14(7-21)8-22/h3-4,6-10,15,21H,1-2,5,11,22H2/b14-8+,21-7?/t15-/m0/s1. The molecule has 6 nitrogen and oxygen atoms in total. The Morgan fingerprint density at radius 1 is 1.33 bits per heavy atom. The monoisotopic (exact) mass is 382 g/mol. The Morgan fingerprint density at radius 2 is 2.22 bits per heavy atom. The lowest BCUT2D eigenvalue weighted by atomic mass is 10.1. The molecule has 0 spiro atoms. The van der Waals surface area contributed by atoms with Gasteiger partial charge in [0.1, 0.15) is 17.0 Å². The third-order valence-corrected chi connectivity index (χ3v) is 5.64. The van der Waals surface area contributed by atoms with Crippen LogP contribution in [0.4, 0.5) is 10.2 Å². The third-order valence-electron chi connectivity index (χ3n) is 4.60. The summed E-state index contributed by atoms with van der Waals surface area (Å²) in [4.78, 5) is 15.4. The first-order chi connectivity index (χ1) is 13.2. The SMILES string of the molecule is N=C/C(=C\N)c1cnc2nc(-c3ccc(N4CCC[C@H](F)C4)nc3)sc2c1. The summed E-state index contributed by atoms with van der Waals surface area (Å²) in [5.41, 5.74) is 8.50. The number of hydrogen-bond donors (Lipinski definition) is 2. The van der Waals surface area contributed by atoms with E-state index < -0.39 is 6.17 Å². The van der Waals surface area contributed by atoms with E-state index in [1.165, 1.54) is 23.8 Å². The highest BCUT2D eigenvalue weighted by Gasteiger charge is 2.20. The maximum Gasteiger partial charge on any atom is 0.170 e. The van der Waals surface area contributed by atoms with Gasteiger partial charge in [-0.15, -0.1) is 11.3 Å². The highest BCUT2D eigenvalue weighted by molar-refractivity contribution is 7.21. The van der Waals surface area contributed by atoms with Crippen molar-refractivity contribution in [3.05, 3.63) is 42.4 Å². The number of thiazole rings is 1. The van der Waals surface area contributed by atoms with E-state index in [-0.39, 0.29) is 0 Å². The third kappa shape index (κ3) is 3.52. The molecule has 138 valence electrons. The molecule has 1 saturated heterocycles. The second-order valence-corrected chi connectivity index (χ2v) is 7.45. The van der Waals surface area contributed by atoms with E-state index in [0.717, 1.165) is 39.6 Å². The summed E-state index contributed by atoms with van der Waals surface area (Å²) >= 11 is 1.51. The highest BCUT2D eigenvalue weighted by atomic mass is 32.1. The van der Waals surface area contributed by atoms with Gasteiger partial charge in [-0.05, 0) is 31.0 Å². The summed E-state index contributed by atoms with van der Waals surface area (Å²) in [5.74, 6) is 0.798.